The fourth-order valence-electron chi connectivity index (χ4n) is 12.7. The molecular formula is C80H54N4. The first-order valence-corrected chi connectivity index (χ1v) is 28.9. The average Bonchev–Trinajstić information content (AvgIpc) is 2.92. The fourth-order valence-corrected chi connectivity index (χ4v) is 12.7. The van der Waals surface area contributed by atoms with Crippen molar-refractivity contribution < 1.29 is 0 Å². The number of nitrogens with zero attached hydrogens (tertiary/aromatic N) is 3. The molecule has 13 aromatic carbocycles. The molecule has 0 fully saturated rings. The number of hydrogen-bond acceptors (Lipinski definition) is 2. The van der Waals surface area contributed by atoms with E-state index in [1.807, 2.05) is 0 Å². The minimum Gasteiger partial charge on any atom is -0.371 e. The molecule has 1 N–H and O–H groups in total. The van der Waals surface area contributed by atoms with Gasteiger partial charge in [-0.25, -0.2) is 4.99 Å². The maximum Gasteiger partial charge on any atom is 0.0947 e. The third-order valence-corrected chi connectivity index (χ3v) is 17.0. The monoisotopic (exact) mass is 1070 g/mol. The maximum absolute atomic E-state index is 5.36. The van der Waals surface area contributed by atoms with Gasteiger partial charge in [0.15, 0.2) is 0 Å². The molecule has 3 heterocycles. The van der Waals surface area contributed by atoms with E-state index in [0.29, 0.717) is 0 Å². The molecule has 1 aliphatic rings. The lowest BCUT2D eigenvalue weighted by Crippen LogP contribution is -2.24. The maximum atomic E-state index is 5.36. The molecule has 0 amide bonds. The van der Waals surface area contributed by atoms with Gasteiger partial charge in [-0.15, -0.1) is 0 Å². The number of rotatable bonds is 10. The molecule has 16 rings (SSSR count). The molecule has 0 spiro atoms. The molecule has 0 radical (unpaired) electrons. The Morgan fingerprint density at radius 1 is 0.250 bits per heavy atom. The van der Waals surface area contributed by atoms with Crippen LogP contribution in [0.2, 0.25) is 0 Å². The zero-order chi connectivity index (χ0) is 55.5. The second kappa shape index (κ2) is 20.5. The van der Waals surface area contributed by atoms with Crippen LogP contribution in [0, 0.1) is 0 Å². The second-order valence-corrected chi connectivity index (χ2v) is 21.9. The van der Waals surface area contributed by atoms with Gasteiger partial charge in [-0.3, -0.25) is 0 Å². The van der Waals surface area contributed by atoms with Crippen LogP contribution in [0.1, 0.15) is 17.2 Å². The van der Waals surface area contributed by atoms with Crippen LogP contribution < -0.4 is 5.32 Å². The number of aliphatic imine (C=N–C) groups is 1. The Hall–Kier alpha value is -11.1. The molecule has 0 saturated heterocycles. The van der Waals surface area contributed by atoms with Crippen molar-refractivity contribution in [2.45, 2.75) is 6.04 Å². The van der Waals surface area contributed by atoms with Crippen molar-refractivity contribution in [3.05, 3.63) is 327 Å². The Morgan fingerprint density at radius 2 is 0.536 bits per heavy atom. The Morgan fingerprint density at radius 3 is 0.905 bits per heavy atom. The zero-order valence-electron chi connectivity index (χ0n) is 45.9. The van der Waals surface area contributed by atoms with Crippen molar-refractivity contribution in [3.63, 3.8) is 0 Å². The number of para-hydroxylation sites is 2. The van der Waals surface area contributed by atoms with Crippen LogP contribution in [-0.2, 0) is 0 Å². The number of anilines is 1. The van der Waals surface area contributed by atoms with E-state index in [0.717, 1.165) is 61.8 Å². The van der Waals surface area contributed by atoms with Gasteiger partial charge >= 0.3 is 0 Å². The molecule has 0 saturated carbocycles. The molecule has 0 bridgehead atoms. The number of nitrogens with one attached hydrogen (secondary N) is 1. The zero-order valence-corrected chi connectivity index (χ0v) is 45.9. The molecule has 0 aliphatic carbocycles. The molecule has 394 valence electrons. The lowest BCUT2D eigenvalue weighted by atomic mass is 9.92. The van der Waals surface area contributed by atoms with Gasteiger partial charge in [0.05, 0.1) is 45.2 Å². The van der Waals surface area contributed by atoms with Crippen molar-refractivity contribution in [2.24, 2.45) is 4.99 Å². The highest BCUT2D eigenvalue weighted by atomic mass is 15.0. The first-order valence-electron chi connectivity index (χ1n) is 28.9. The van der Waals surface area contributed by atoms with Crippen LogP contribution in [-0.4, -0.2) is 14.8 Å². The van der Waals surface area contributed by atoms with E-state index in [-0.39, 0.29) is 6.04 Å². The molecule has 4 heteroatoms. The van der Waals surface area contributed by atoms with E-state index in [9.17, 15) is 0 Å². The van der Waals surface area contributed by atoms with Crippen molar-refractivity contribution >= 4 is 60.7 Å². The summed E-state index contributed by atoms with van der Waals surface area (Å²) in [4.78, 5) is 5.36. The predicted molar refractivity (Wildman–Crippen MR) is 353 cm³/mol. The molecule has 2 aromatic heterocycles. The summed E-state index contributed by atoms with van der Waals surface area (Å²) in [5.74, 6) is 0. The van der Waals surface area contributed by atoms with E-state index in [1.165, 1.54) is 88.1 Å². The van der Waals surface area contributed by atoms with Crippen LogP contribution in [0.5, 0.6) is 0 Å². The van der Waals surface area contributed by atoms with E-state index in [1.54, 1.807) is 0 Å². The third kappa shape index (κ3) is 8.68. The van der Waals surface area contributed by atoms with Crippen LogP contribution >= 0.6 is 0 Å². The van der Waals surface area contributed by atoms with Gasteiger partial charge in [0, 0.05) is 32.9 Å². The van der Waals surface area contributed by atoms with Gasteiger partial charge in [-0.1, -0.05) is 231 Å². The lowest BCUT2D eigenvalue weighted by Gasteiger charge is -2.28. The molecule has 15 aromatic rings. The number of fused-ring (bicyclic) bond motifs is 7. The number of benzene rings is 13. The average molecular weight is 1070 g/mol. The summed E-state index contributed by atoms with van der Waals surface area (Å²) in [5.41, 5.74) is 26.5. The SMILES string of the molecule is c1ccc(-c2ccc3c(c2)c2cc(-c4ccccc4)ccc2n3-c2ccc(-c3ccc(C4=Nc5ccccc5NC4c4ccc(-c5ccc(-n6c7ccc(-c8ccccc8)cc7c7cc(-c8ccccc8)ccc76)cc5)cc4)cc3)cc2)cc1. The minimum atomic E-state index is -0.152. The highest BCUT2D eigenvalue weighted by Gasteiger charge is 2.26. The quantitative estimate of drug-likeness (QED) is 0.146. The largest absolute Gasteiger partial charge is 0.371 e. The van der Waals surface area contributed by atoms with E-state index >= 15 is 0 Å². The van der Waals surface area contributed by atoms with Gasteiger partial charge < -0.3 is 14.5 Å². The van der Waals surface area contributed by atoms with Crippen LogP contribution in [0.15, 0.2) is 320 Å². The van der Waals surface area contributed by atoms with E-state index in [2.05, 4.69) is 330 Å². The van der Waals surface area contributed by atoms with Gasteiger partial charge in [0.1, 0.15) is 0 Å². The predicted octanol–water partition coefficient (Wildman–Crippen LogP) is 21.2. The Bertz CT molecular complexity index is 4770. The second-order valence-electron chi connectivity index (χ2n) is 21.9. The van der Waals surface area contributed by atoms with Gasteiger partial charge in [0.2, 0.25) is 0 Å². The summed E-state index contributed by atoms with van der Waals surface area (Å²) >= 11 is 0. The van der Waals surface area contributed by atoms with E-state index < -0.39 is 0 Å². The summed E-state index contributed by atoms with van der Waals surface area (Å²) in [5, 5.41) is 8.82. The topological polar surface area (TPSA) is 34.2 Å². The van der Waals surface area contributed by atoms with E-state index in [4.69, 9.17) is 4.99 Å². The molecule has 4 nitrogen and oxygen atoms in total. The fraction of sp³-hybridized carbons (Fsp3) is 0.0125. The van der Waals surface area contributed by atoms with Gasteiger partial charge in [-0.2, -0.15) is 0 Å². The van der Waals surface area contributed by atoms with Gasteiger partial charge in [-0.05, 0) is 163 Å². The summed E-state index contributed by atoms with van der Waals surface area (Å²) in [6.07, 6.45) is 0. The Labute approximate surface area is 488 Å². The molecular weight excluding hydrogens is 1020 g/mol. The summed E-state index contributed by atoms with van der Waals surface area (Å²) in [6, 6.07) is 114. The van der Waals surface area contributed by atoms with Crippen molar-refractivity contribution in [3.8, 4) is 78.1 Å². The van der Waals surface area contributed by atoms with Crippen LogP contribution in [0.4, 0.5) is 11.4 Å². The molecule has 1 aliphatic heterocycles. The summed E-state index contributed by atoms with van der Waals surface area (Å²) in [6.45, 7) is 0. The van der Waals surface area contributed by atoms with Gasteiger partial charge in [0.25, 0.3) is 0 Å². The summed E-state index contributed by atoms with van der Waals surface area (Å²) < 4.78 is 4.82. The van der Waals surface area contributed by atoms with Crippen molar-refractivity contribution in [1.82, 2.24) is 9.13 Å². The molecule has 1 unspecified atom stereocenters. The Balaban J connectivity index is 0.686. The van der Waals surface area contributed by atoms with Crippen LogP contribution in [0.3, 0.4) is 0 Å². The smallest absolute Gasteiger partial charge is 0.0947 e. The number of hydrogen-bond donors (Lipinski definition) is 1. The van der Waals surface area contributed by atoms with Crippen LogP contribution in [0.25, 0.3) is 122 Å². The minimum absolute atomic E-state index is 0.152. The first-order chi connectivity index (χ1) is 41.6. The third-order valence-electron chi connectivity index (χ3n) is 17.0. The molecule has 84 heavy (non-hydrogen) atoms. The lowest BCUT2D eigenvalue weighted by molar-refractivity contribution is 1.01. The summed E-state index contributed by atoms with van der Waals surface area (Å²) in [7, 11) is 0. The van der Waals surface area contributed by atoms with Crippen molar-refractivity contribution in [2.75, 3.05) is 5.32 Å². The number of aromatic nitrogens is 2. The first kappa shape index (κ1) is 48.8. The highest BCUT2D eigenvalue weighted by Crippen LogP contribution is 2.42. The normalized spacial score (nSPS) is 13.0. The highest BCUT2D eigenvalue weighted by molar-refractivity contribution is 6.14. The molecule has 1 atom stereocenters. The standard InChI is InChI=1S/C80H54N4/c1-5-15-53(16-6-1)63-37-45-75-69(49-63)70-50-64(54-17-7-2-8-18-54)38-46-76(70)83(75)67-41-33-59(34-42-67)57-25-29-61(30-26-57)79-80(82-74-24-14-13-23-73(74)81-79)62-31-27-58(28-32-62)60-35-43-68(44-36-60)84-77-47-39-65(55-19-9-3-10-20-55)51-71(77)72-52-66(40-48-78(72)84)56-21-11-4-12-22-56/h1-52,79,81H. The Kier molecular flexibility index (Phi) is 11.9. The van der Waals surface area contributed by atoms with Crippen molar-refractivity contribution in [1.29, 1.82) is 0 Å².